The van der Waals surface area contributed by atoms with Crippen LogP contribution in [0.2, 0.25) is 0 Å². The second-order valence-electron chi connectivity index (χ2n) is 9.79. The first-order valence-electron chi connectivity index (χ1n) is 13.8. The van der Waals surface area contributed by atoms with Crippen molar-refractivity contribution in [1.29, 1.82) is 0 Å². The van der Waals surface area contributed by atoms with E-state index >= 15 is 0 Å². The quantitative estimate of drug-likeness (QED) is 0.219. The third-order valence-electron chi connectivity index (χ3n) is 7.00. The summed E-state index contributed by atoms with van der Waals surface area (Å²) in [6.45, 7) is 2.02. The molecule has 0 saturated carbocycles. The van der Waals surface area contributed by atoms with E-state index in [9.17, 15) is 14.0 Å². The molecule has 6 rings (SSSR count). The third-order valence-corrected chi connectivity index (χ3v) is 7.98. The molecule has 43 heavy (non-hydrogen) atoms. The zero-order valence-electron chi connectivity index (χ0n) is 23.3. The number of hydrogen-bond acceptors (Lipinski definition) is 6. The van der Waals surface area contributed by atoms with Gasteiger partial charge < -0.3 is 9.47 Å². The van der Waals surface area contributed by atoms with Crippen molar-refractivity contribution >= 4 is 29.1 Å². The number of nitrogens with zero attached hydrogens (tertiary/aromatic N) is 2. The summed E-state index contributed by atoms with van der Waals surface area (Å²) in [6.07, 6.45) is 1.78. The molecule has 0 amide bonds. The van der Waals surface area contributed by atoms with E-state index < -0.39 is 12.0 Å². The second-order valence-corrected chi connectivity index (χ2v) is 10.8. The average molecular weight is 591 g/mol. The van der Waals surface area contributed by atoms with Gasteiger partial charge in [0.05, 0.1) is 28.5 Å². The van der Waals surface area contributed by atoms with Crippen molar-refractivity contribution in [3.8, 4) is 5.75 Å². The maximum absolute atomic E-state index is 14.1. The van der Waals surface area contributed by atoms with Crippen molar-refractivity contribution in [2.75, 3.05) is 6.61 Å². The van der Waals surface area contributed by atoms with Gasteiger partial charge in [-0.3, -0.25) is 9.36 Å². The SMILES string of the molecule is CCOC(=O)C1=C(c2ccccc2)N=c2s/c(=C\c3cccc(OCc4ccccc4F)c3)c(=O)n2[C@H]1c1ccccc1. The lowest BCUT2D eigenvalue weighted by Crippen LogP contribution is -2.39. The molecule has 214 valence electrons. The number of benzene rings is 4. The predicted molar refractivity (Wildman–Crippen MR) is 165 cm³/mol. The van der Waals surface area contributed by atoms with Gasteiger partial charge >= 0.3 is 5.97 Å². The Hall–Kier alpha value is -5.08. The highest BCUT2D eigenvalue weighted by molar-refractivity contribution is 7.07. The smallest absolute Gasteiger partial charge is 0.338 e. The fourth-order valence-electron chi connectivity index (χ4n) is 5.01. The van der Waals surface area contributed by atoms with E-state index in [1.165, 1.54) is 17.4 Å². The van der Waals surface area contributed by atoms with Crippen LogP contribution in [0.4, 0.5) is 4.39 Å². The van der Waals surface area contributed by atoms with Crippen molar-refractivity contribution in [1.82, 2.24) is 4.57 Å². The Morgan fingerprint density at radius 2 is 1.67 bits per heavy atom. The summed E-state index contributed by atoms with van der Waals surface area (Å²) in [5.74, 6) is -0.305. The molecule has 8 heteroatoms. The van der Waals surface area contributed by atoms with E-state index in [4.69, 9.17) is 14.5 Å². The number of hydrogen-bond donors (Lipinski definition) is 0. The van der Waals surface area contributed by atoms with Gasteiger partial charge in [-0.1, -0.05) is 102 Å². The molecule has 6 nitrogen and oxygen atoms in total. The van der Waals surface area contributed by atoms with Crippen molar-refractivity contribution in [2.45, 2.75) is 19.6 Å². The van der Waals surface area contributed by atoms with E-state index in [-0.39, 0.29) is 24.6 Å². The number of fused-ring (bicyclic) bond motifs is 1. The minimum atomic E-state index is -0.732. The fraction of sp³-hybridized carbons (Fsp3) is 0.114. The molecule has 1 atom stereocenters. The Balaban J connectivity index is 1.47. The molecule has 0 fully saturated rings. The number of esters is 1. The number of ether oxygens (including phenoxy) is 2. The monoisotopic (exact) mass is 590 g/mol. The van der Waals surface area contributed by atoms with Gasteiger partial charge in [-0.25, -0.2) is 14.2 Å². The molecule has 0 saturated heterocycles. The van der Waals surface area contributed by atoms with Crippen LogP contribution in [0, 0.1) is 5.82 Å². The van der Waals surface area contributed by atoms with Crippen LogP contribution in [0.1, 0.15) is 35.2 Å². The summed E-state index contributed by atoms with van der Waals surface area (Å²) in [5, 5.41) is 0. The lowest BCUT2D eigenvalue weighted by molar-refractivity contribution is -0.138. The van der Waals surface area contributed by atoms with Crippen molar-refractivity contribution < 1.29 is 18.7 Å². The zero-order valence-corrected chi connectivity index (χ0v) is 24.1. The maximum Gasteiger partial charge on any atom is 0.338 e. The van der Waals surface area contributed by atoms with Gasteiger partial charge in [0.2, 0.25) is 0 Å². The van der Waals surface area contributed by atoms with E-state index in [0.29, 0.717) is 31.9 Å². The molecule has 1 aliphatic rings. The standard InChI is InChI=1S/C35H27FN2O4S/c1-2-41-34(40)30-31(24-13-5-3-6-14-24)37-35-38(32(30)25-15-7-4-8-16-25)33(39)29(43-35)21-23-12-11-18-27(20-23)42-22-26-17-9-10-19-28(26)36/h3-21,32H,2,22H2,1H3/b29-21-/t32-/m0/s1. The highest BCUT2D eigenvalue weighted by Crippen LogP contribution is 2.35. The molecular formula is C35H27FN2O4S. The summed E-state index contributed by atoms with van der Waals surface area (Å²) in [5.41, 5.74) is 3.22. The van der Waals surface area contributed by atoms with Gasteiger partial charge in [-0.15, -0.1) is 0 Å². The molecule has 0 spiro atoms. The molecule has 1 aromatic heterocycles. The summed E-state index contributed by atoms with van der Waals surface area (Å²) >= 11 is 1.25. The maximum atomic E-state index is 14.1. The van der Waals surface area contributed by atoms with Gasteiger partial charge in [0, 0.05) is 11.1 Å². The summed E-state index contributed by atoms with van der Waals surface area (Å²) in [6, 6.07) is 31.9. The number of halogens is 1. The topological polar surface area (TPSA) is 69.9 Å². The van der Waals surface area contributed by atoms with Gasteiger partial charge in [0.15, 0.2) is 4.80 Å². The molecule has 0 aliphatic carbocycles. The highest BCUT2D eigenvalue weighted by Gasteiger charge is 2.35. The largest absolute Gasteiger partial charge is 0.489 e. The fourth-order valence-corrected chi connectivity index (χ4v) is 6.01. The first-order chi connectivity index (χ1) is 21.0. The number of thiazole rings is 1. The normalized spacial score (nSPS) is 14.7. The van der Waals surface area contributed by atoms with Crippen molar-refractivity contribution in [3.63, 3.8) is 0 Å². The van der Waals surface area contributed by atoms with Crippen LogP contribution >= 0.6 is 11.3 Å². The molecule has 0 N–H and O–H groups in total. The van der Waals surface area contributed by atoms with Crippen molar-refractivity contribution in [2.24, 2.45) is 4.99 Å². The highest BCUT2D eigenvalue weighted by atomic mass is 32.1. The Bertz CT molecular complexity index is 2000. The number of rotatable bonds is 8. The van der Waals surface area contributed by atoms with Crippen LogP contribution in [0.15, 0.2) is 125 Å². The van der Waals surface area contributed by atoms with Crippen LogP contribution in [0.25, 0.3) is 11.8 Å². The summed E-state index contributed by atoms with van der Waals surface area (Å²) in [7, 11) is 0. The molecule has 2 heterocycles. The van der Waals surface area contributed by atoms with Crippen LogP contribution < -0.4 is 19.6 Å². The molecule has 4 aromatic carbocycles. The van der Waals surface area contributed by atoms with E-state index in [1.807, 2.05) is 72.8 Å². The Morgan fingerprint density at radius 1 is 0.953 bits per heavy atom. The van der Waals surface area contributed by atoms with Crippen LogP contribution in [0.3, 0.4) is 0 Å². The first kappa shape index (κ1) is 28.1. The van der Waals surface area contributed by atoms with Gasteiger partial charge in [0.1, 0.15) is 18.2 Å². The van der Waals surface area contributed by atoms with E-state index in [1.54, 1.807) is 47.9 Å². The van der Waals surface area contributed by atoms with Crippen LogP contribution in [-0.2, 0) is 16.1 Å². The van der Waals surface area contributed by atoms with Crippen molar-refractivity contribution in [3.05, 3.63) is 163 Å². The second kappa shape index (κ2) is 12.4. The average Bonchev–Trinajstić information content (AvgIpc) is 3.35. The lowest BCUT2D eigenvalue weighted by Gasteiger charge is -2.25. The Labute approximate surface area is 251 Å². The van der Waals surface area contributed by atoms with E-state index in [2.05, 4.69) is 0 Å². The third kappa shape index (κ3) is 5.82. The molecule has 1 aliphatic heterocycles. The zero-order chi connectivity index (χ0) is 29.8. The summed E-state index contributed by atoms with van der Waals surface area (Å²) in [4.78, 5) is 32.9. The molecule has 5 aromatic rings. The molecule has 0 radical (unpaired) electrons. The van der Waals surface area contributed by atoms with Gasteiger partial charge in [-0.2, -0.15) is 0 Å². The van der Waals surface area contributed by atoms with Gasteiger partial charge in [0.25, 0.3) is 5.56 Å². The number of carbonyl (C=O) groups is 1. The molecule has 0 bridgehead atoms. The number of aromatic nitrogens is 1. The first-order valence-corrected chi connectivity index (χ1v) is 14.6. The van der Waals surface area contributed by atoms with Crippen LogP contribution in [-0.4, -0.2) is 17.1 Å². The number of carbonyl (C=O) groups excluding carboxylic acids is 1. The predicted octanol–water partition coefficient (Wildman–Crippen LogP) is 5.65. The molecular weight excluding hydrogens is 563 g/mol. The lowest BCUT2D eigenvalue weighted by atomic mass is 9.93. The van der Waals surface area contributed by atoms with Gasteiger partial charge in [-0.05, 0) is 42.3 Å². The van der Waals surface area contributed by atoms with E-state index in [0.717, 1.165) is 16.7 Å². The Morgan fingerprint density at radius 3 is 2.42 bits per heavy atom. The molecule has 0 unspecified atom stereocenters. The minimum absolute atomic E-state index is 0.0777. The van der Waals surface area contributed by atoms with Crippen LogP contribution in [0.5, 0.6) is 5.75 Å². The Kier molecular flexibility index (Phi) is 8.11. The summed E-state index contributed by atoms with van der Waals surface area (Å²) < 4.78 is 27.4. The minimum Gasteiger partial charge on any atom is -0.489 e.